The van der Waals surface area contributed by atoms with Crippen molar-refractivity contribution in [2.45, 2.75) is 39.3 Å². The number of H-pyrrole nitrogens is 1. The number of nitrogens with one attached hydrogen (secondary N) is 1. The lowest BCUT2D eigenvalue weighted by atomic mass is 10.1. The number of para-hydroxylation sites is 1. The number of nitrogens with zero attached hydrogens (tertiary/aromatic N) is 3. The number of amides is 1. The number of carbonyl (C=O) groups is 1. The summed E-state index contributed by atoms with van der Waals surface area (Å²) >= 11 is 0. The van der Waals surface area contributed by atoms with E-state index in [9.17, 15) is 24.5 Å². The van der Waals surface area contributed by atoms with Crippen molar-refractivity contribution in [1.29, 1.82) is 0 Å². The SMILES string of the molecule is CCCCn1c(N)c(N(Cc2ccco2)C(=O)Cc2ccccc2[N+](=O)[O-])c(=O)[nH]c1=O. The molecule has 1 aromatic carbocycles. The molecule has 0 bridgehead atoms. The lowest BCUT2D eigenvalue weighted by Crippen LogP contribution is -2.41. The minimum absolute atomic E-state index is 0.147. The number of nitrogens with two attached hydrogens (primary N) is 1. The normalized spacial score (nSPS) is 10.8. The van der Waals surface area contributed by atoms with Gasteiger partial charge in [0.2, 0.25) is 5.91 Å². The Balaban J connectivity index is 2.08. The smallest absolute Gasteiger partial charge is 0.330 e. The molecule has 0 aliphatic heterocycles. The highest BCUT2D eigenvalue weighted by Gasteiger charge is 2.27. The molecule has 0 unspecified atom stereocenters. The molecule has 0 aliphatic carbocycles. The average Bonchev–Trinajstić information content (AvgIpc) is 3.26. The molecule has 0 saturated carbocycles. The fourth-order valence-electron chi connectivity index (χ4n) is 3.32. The number of furan rings is 1. The van der Waals surface area contributed by atoms with E-state index in [1.165, 1.54) is 29.0 Å². The van der Waals surface area contributed by atoms with Crippen LogP contribution in [0.1, 0.15) is 31.1 Å². The Morgan fingerprint density at radius 2 is 2.00 bits per heavy atom. The van der Waals surface area contributed by atoms with Crippen molar-refractivity contribution in [3.63, 3.8) is 0 Å². The molecule has 3 rings (SSSR count). The van der Waals surface area contributed by atoms with Gasteiger partial charge < -0.3 is 10.2 Å². The standard InChI is InChI=1S/C21H23N5O6/c1-2-3-10-24-19(22)18(20(28)23-21(24)29)25(13-15-8-6-11-32-15)17(27)12-14-7-4-5-9-16(14)26(30)31/h4-9,11H,2-3,10,12-13,22H2,1H3,(H,23,28,29). The average molecular weight is 441 g/mol. The number of nitro groups is 1. The van der Waals surface area contributed by atoms with Crippen LogP contribution in [0.2, 0.25) is 0 Å². The number of hydrogen-bond donors (Lipinski definition) is 2. The Kier molecular flexibility index (Phi) is 6.88. The molecule has 2 aromatic heterocycles. The summed E-state index contributed by atoms with van der Waals surface area (Å²) in [6.07, 6.45) is 2.48. The van der Waals surface area contributed by atoms with Gasteiger partial charge in [-0.05, 0) is 18.6 Å². The molecule has 3 aromatic rings. The molecule has 0 fully saturated rings. The molecule has 11 heteroatoms. The number of aromatic nitrogens is 2. The van der Waals surface area contributed by atoms with E-state index in [1.54, 1.807) is 18.2 Å². The predicted molar refractivity (Wildman–Crippen MR) is 117 cm³/mol. The molecule has 168 valence electrons. The van der Waals surface area contributed by atoms with Crippen LogP contribution in [0.5, 0.6) is 0 Å². The van der Waals surface area contributed by atoms with Gasteiger partial charge in [0.05, 0.1) is 24.2 Å². The van der Waals surface area contributed by atoms with Crippen molar-refractivity contribution in [3.05, 3.63) is 84.9 Å². The number of benzene rings is 1. The molecular formula is C21H23N5O6. The highest BCUT2D eigenvalue weighted by atomic mass is 16.6. The molecule has 11 nitrogen and oxygen atoms in total. The number of anilines is 2. The van der Waals surface area contributed by atoms with Gasteiger partial charge in [-0.15, -0.1) is 0 Å². The molecular weight excluding hydrogens is 418 g/mol. The van der Waals surface area contributed by atoms with Crippen molar-refractivity contribution >= 4 is 23.1 Å². The second kappa shape index (κ2) is 9.77. The summed E-state index contributed by atoms with van der Waals surface area (Å²) in [5.41, 5.74) is 4.43. The van der Waals surface area contributed by atoms with Crippen molar-refractivity contribution < 1.29 is 14.1 Å². The van der Waals surface area contributed by atoms with Gasteiger partial charge in [0.25, 0.3) is 11.2 Å². The lowest BCUT2D eigenvalue weighted by molar-refractivity contribution is -0.385. The first-order chi connectivity index (χ1) is 15.3. The molecule has 1 amide bonds. The second-order valence-electron chi connectivity index (χ2n) is 7.12. The molecule has 0 aliphatic rings. The van der Waals surface area contributed by atoms with Crippen LogP contribution >= 0.6 is 0 Å². The van der Waals surface area contributed by atoms with Gasteiger partial charge in [-0.2, -0.15) is 0 Å². The van der Waals surface area contributed by atoms with Crippen LogP contribution in [0, 0.1) is 10.1 Å². The summed E-state index contributed by atoms with van der Waals surface area (Å²) in [7, 11) is 0. The zero-order valence-corrected chi connectivity index (χ0v) is 17.4. The maximum atomic E-state index is 13.3. The van der Waals surface area contributed by atoms with E-state index >= 15 is 0 Å². The summed E-state index contributed by atoms with van der Waals surface area (Å²) in [5.74, 6) is -0.408. The van der Waals surface area contributed by atoms with E-state index in [-0.39, 0.29) is 42.3 Å². The van der Waals surface area contributed by atoms with E-state index in [0.717, 1.165) is 11.3 Å². The summed E-state index contributed by atoms with van der Waals surface area (Å²) in [6.45, 7) is 2.05. The van der Waals surface area contributed by atoms with Crippen LogP contribution in [0.15, 0.2) is 56.7 Å². The Labute approximate surface area is 182 Å². The van der Waals surface area contributed by atoms with E-state index in [2.05, 4.69) is 4.98 Å². The maximum Gasteiger partial charge on any atom is 0.330 e. The fraction of sp³-hybridized carbons (Fsp3) is 0.286. The predicted octanol–water partition coefficient (Wildman–Crippen LogP) is 2.20. The Hall–Kier alpha value is -4.15. The number of unbranched alkanes of at least 4 members (excludes halogenated alkanes) is 1. The number of carbonyl (C=O) groups excluding carboxylic acids is 1. The first-order valence-corrected chi connectivity index (χ1v) is 10.0. The topological polar surface area (TPSA) is 157 Å². The highest BCUT2D eigenvalue weighted by molar-refractivity contribution is 5.97. The summed E-state index contributed by atoms with van der Waals surface area (Å²) in [4.78, 5) is 52.3. The first kappa shape index (κ1) is 22.5. The minimum Gasteiger partial charge on any atom is -0.467 e. The van der Waals surface area contributed by atoms with Crippen molar-refractivity contribution in [2.24, 2.45) is 0 Å². The molecule has 0 radical (unpaired) electrons. The zero-order chi connectivity index (χ0) is 23.3. The van der Waals surface area contributed by atoms with Gasteiger partial charge in [-0.25, -0.2) is 4.79 Å². The third kappa shape index (κ3) is 4.77. The molecule has 0 spiro atoms. The van der Waals surface area contributed by atoms with E-state index in [4.69, 9.17) is 10.2 Å². The first-order valence-electron chi connectivity index (χ1n) is 10.0. The number of hydrogen-bond acceptors (Lipinski definition) is 7. The number of nitrogen functional groups attached to an aromatic ring is 1. The Bertz CT molecular complexity index is 1230. The lowest BCUT2D eigenvalue weighted by Gasteiger charge is -2.24. The minimum atomic E-state index is -0.831. The summed E-state index contributed by atoms with van der Waals surface area (Å²) < 4.78 is 6.52. The van der Waals surface area contributed by atoms with Gasteiger partial charge in [0.1, 0.15) is 11.6 Å². The van der Waals surface area contributed by atoms with Gasteiger partial charge in [-0.1, -0.05) is 31.5 Å². The fourth-order valence-corrected chi connectivity index (χ4v) is 3.32. The molecule has 3 N–H and O–H groups in total. The van der Waals surface area contributed by atoms with Crippen LogP contribution in [0.3, 0.4) is 0 Å². The van der Waals surface area contributed by atoms with E-state index in [1.807, 2.05) is 6.92 Å². The molecule has 2 heterocycles. The largest absolute Gasteiger partial charge is 0.467 e. The zero-order valence-electron chi connectivity index (χ0n) is 17.4. The third-order valence-corrected chi connectivity index (χ3v) is 4.94. The highest BCUT2D eigenvalue weighted by Crippen LogP contribution is 2.24. The molecule has 32 heavy (non-hydrogen) atoms. The summed E-state index contributed by atoms with van der Waals surface area (Å²) in [6, 6.07) is 9.08. The number of aromatic amines is 1. The van der Waals surface area contributed by atoms with Crippen LogP contribution in [0.4, 0.5) is 17.2 Å². The van der Waals surface area contributed by atoms with Crippen LogP contribution in [-0.2, 0) is 24.3 Å². The van der Waals surface area contributed by atoms with Crippen molar-refractivity contribution in [2.75, 3.05) is 10.6 Å². The maximum absolute atomic E-state index is 13.3. The number of nitro benzene ring substituents is 1. The summed E-state index contributed by atoms with van der Waals surface area (Å²) in [5, 5.41) is 11.3. The van der Waals surface area contributed by atoms with Crippen LogP contribution in [-0.4, -0.2) is 20.4 Å². The van der Waals surface area contributed by atoms with Gasteiger partial charge >= 0.3 is 5.69 Å². The van der Waals surface area contributed by atoms with E-state index < -0.39 is 22.1 Å². The van der Waals surface area contributed by atoms with E-state index in [0.29, 0.717) is 12.2 Å². The van der Waals surface area contributed by atoms with Crippen LogP contribution < -0.4 is 21.9 Å². The van der Waals surface area contributed by atoms with Crippen molar-refractivity contribution in [3.8, 4) is 0 Å². The monoisotopic (exact) mass is 441 g/mol. The third-order valence-electron chi connectivity index (χ3n) is 4.94. The molecule has 0 atom stereocenters. The van der Waals surface area contributed by atoms with Crippen LogP contribution in [0.25, 0.3) is 0 Å². The van der Waals surface area contributed by atoms with Crippen molar-refractivity contribution in [1.82, 2.24) is 9.55 Å². The Morgan fingerprint density at radius 1 is 1.25 bits per heavy atom. The van der Waals surface area contributed by atoms with Gasteiger partial charge in [0, 0.05) is 18.2 Å². The number of rotatable bonds is 9. The van der Waals surface area contributed by atoms with Gasteiger partial charge in [0.15, 0.2) is 5.69 Å². The quantitative estimate of drug-likeness (QED) is 0.380. The second-order valence-corrected chi connectivity index (χ2v) is 7.12. The van der Waals surface area contributed by atoms with Gasteiger partial charge in [-0.3, -0.25) is 34.2 Å². The molecule has 0 saturated heterocycles. The Morgan fingerprint density at radius 3 is 2.66 bits per heavy atom.